The van der Waals surface area contributed by atoms with Gasteiger partial charge < -0.3 is 10.6 Å². The summed E-state index contributed by atoms with van der Waals surface area (Å²) < 4.78 is 0. The molecule has 1 saturated heterocycles. The minimum absolute atomic E-state index is 0.0934. The lowest BCUT2D eigenvalue weighted by Gasteiger charge is -2.31. The smallest absolute Gasteiger partial charge is 0.238 e. The SMILES string of the molecule is C[C@H]1CN(CC(=O)Nc2c(Cl)cccc2Cl)CCN1. The van der Waals surface area contributed by atoms with Gasteiger partial charge in [0, 0.05) is 25.7 Å². The molecule has 1 aliphatic heterocycles. The number of hydrogen-bond acceptors (Lipinski definition) is 3. The van der Waals surface area contributed by atoms with E-state index in [-0.39, 0.29) is 5.91 Å². The van der Waals surface area contributed by atoms with Gasteiger partial charge in [0.2, 0.25) is 5.91 Å². The van der Waals surface area contributed by atoms with Gasteiger partial charge in [0.25, 0.3) is 0 Å². The second-order valence-corrected chi connectivity index (χ2v) is 5.55. The summed E-state index contributed by atoms with van der Waals surface area (Å²) in [5, 5.41) is 7.02. The van der Waals surface area contributed by atoms with E-state index in [1.54, 1.807) is 18.2 Å². The fraction of sp³-hybridized carbons (Fsp3) is 0.462. The van der Waals surface area contributed by atoms with Crippen LogP contribution in [-0.4, -0.2) is 43.0 Å². The molecule has 4 nitrogen and oxygen atoms in total. The Hall–Kier alpha value is -0.810. The summed E-state index contributed by atoms with van der Waals surface area (Å²) >= 11 is 12.0. The number of carbonyl (C=O) groups is 1. The van der Waals surface area contributed by atoms with Crippen molar-refractivity contribution in [2.75, 3.05) is 31.5 Å². The summed E-state index contributed by atoms with van der Waals surface area (Å²) in [5.41, 5.74) is 0.485. The lowest BCUT2D eigenvalue weighted by Crippen LogP contribution is -2.51. The Kier molecular flexibility index (Phi) is 5.05. The molecule has 1 fully saturated rings. The molecule has 1 aliphatic rings. The van der Waals surface area contributed by atoms with Crippen LogP contribution in [-0.2, 0) is 4.79 Å². The van der Waals surface area contributed by atoms with Crippen LogP contribution in [0, 0.1) is 0 Å². The third-order valence-electron chi connectivity index (χ3n) is 3.05. The molecule has 0 bridgehead atoms. The first kappa shape index (κ1) is 14.6. The first-order valence-corrected chi connectivity index (χ1v) is 7.01. The van der Waals surface area contributed by atoms with Crippen molar-refractivity contribution in [3.8, 4) is 0 Å². The molecule has 6 heteroatoms. The van der Waals surface area contributed by atoms with Crippen molar-refractivity contribution >= 4 is 34.8 Å². The van der Waals surface area contributed by atoms with E-state index in [1.165, 1.54) is 0 Å². The fourth-order valence-corrected chi connectivity index (χ4v) is 2.65. The third kappa shape index (κ3) is 4.08. The normalized spacial score (nSPS) is 20.3. The zero-order chi connectivity index (χ0) is 13.8. The highest BCUT2D eigenvalue weighted by Gasteiger charge is 2.18. The van der Waals surface area contributed by atoms with Gasteiger partial charge in [-0.1, -0.05) is 29.3 Å². The maximum atomic E-state index is 12.0. The van der Waals surface area contributed by atoms with E-state index in [2.05, 4.69) is 22.5 Å². The number of piperazine rings is 1. The highest BCUT2D eigenvalue weighted by atomic mass is 35.5. The molecule has 0 aromatic heterocycles. The average molecular weight is 302 g/mol. The molecular formula is C13H17Cl2N3O. The van der Waals surface area contributed by atoms with Crippen LogP contribution in [0.2, 0.25) is 10.0 Å². The number of benzene rings is 1. The molecular weight excluding hydrogens is 285 g/mol. The van der Waals surface area contributed by atoms with E-state index in [0.29, 0.717) is 28.3 Å². The predicted molar refractivity (Wildman–Crippen MR) is 79.0 cm³/mol. The quantitative estimate of drug-likeness (QED) is 0.900. The monoisotopic (exact) mass is 301 g/mol. The standard InChI is InChI=1S/C13H17Cl2N3O/c1-9-7-18(6-5-16-9)8-12(19)17-13-10(14)3-2-4-11(13)15/h2-4,9,16H,5-8H2,1H3,(H,17,19)/t9-/m0/s1. The molecule has 104 valence electrons. The van der Waals surface area contributed by atoms with Crippen molar-refractivity contribution in [3.63, 3.8) is 0 Å². The van der Waals surface area contributed by atoms with Crippen LogP contribution < -0.4 is 10.6 Å². The second kappa shape index (κ2) is 6.57. The van der Waals surface area contributed by atoms with Crippen LogP contribution in [0.15, 0.2) is 18.2 Å². The number of halogens is 2. The fourth-order valence-electron chi connectivity index (χ4n) is 2.16. The van der Waals surface area contributed by atoms with Crippen LogP contribution in [0.4, 0.5) is 5.69 Å². The maximum Gasteiger partial charge on any atom is 0.238 e. The van der Waals surface area contributed by atoms with Crippen molar-refractivity contribution < 1.29 is 4.79 Å². The van der Waals surface area contributed by atoms with Crippen molar-refractivity contribution in [2.45, 2.75) is 13.0 Å². The number of amides is 1. The Bertz CT molecular complexity index is 447. The van der Waals surface area contributed by atoms with E-state index in [0.717, 1.165) is 19.6 Å². The van der Waals surface area contributed by atoms with Crippen LogP contribution in [0.3, 0.4) is 0 Å². The summed E-state index contributed by atoms with van der Waals surface area (Å²) in [7, 11) is 0. The van der Waals surface area contributed by atoms with Crippen molar-refractivity contribution in [2.24, 2.45) is 0 Å². The molecule has 0 saturated carbocycles. The molecule has 1 atom stereocenters. The molecule has 19 heavy (non-hydrogen) atoms. The van der Waals surface area contributed by atoms with Crippen molar-refractivity contribution in [1.29, 1.82) is 0 Å². The van der Waals surface area contributed by atoms with Crippen LogP contribution in [0.5, 0.6) is 0 Å². The van der Waals surface area contributed by atoms with Crippen LogP contribution in [0.1, 0.15) is 6.92 Å². The molecule has 1 aromatic rings. The summed E-state index contributed by atoms with van der Waals surface area (Å²) in [5.74, 6) is -0.0934. The minimum Gasteiger partial charge on any atom is -0.322 e. The Morgan fingerprint density at radius 2 is 2.16 bits per heavy atom. The van der Waals surface area contributed by atoms with E-state index < -0.39 is 0 Å². The molecule has 0 aliphatic carbocycles. The number of para-hydroxylation sites is 1. The average Bonchev–Trinajstić information content (AvgIpc) is 2.34. The van der Waals surface area contributed by atoms with E-state index >= 15 is 0 Å². The molecule has 0 spiro atoms. The molecule has 2 rings (SSSR count). The summed E-state index contributed by atoms with van der Waals surface area (Å²) in [6, 6.07) is 5.56. The van der Waals surface area contributed by atoms with Gasteiger partial charge in [-0.2, -0.15) is 0 Å². The predicted octanol–water partition coefficient (Wildman–Crippen LogP) is 2.23. The largest absolute Gasteiger partial charge is 0.322 e. The van der Waals surface area contributed by atoms with Gasteiger partial charge in [0.1, 0.15) is 0 Å². The first-order valence-electron chi connectivity index (χ1n) is 6.26. The number of anilines is 1. The summed E-state index contributed by atoms with van der Waals surface area (Å²) in [4.78, 5) is 14.1. The Morgan fingerprint density at radius 3 is 2.79 bits per heavy atom. The van der Waals surface area contributed by atoms with Gasteiger partial charge >= 0.3 is 0 Å². The van der Waals surface area contributed by atoms with Gasteiger partial charge in [-0.15, -0.1) is 0 Å². The van der Waals surface area contributed by atoms with Gasteiger partial charge in [-0.3, -0.25) is 9.69 Å². The van der Waals surface area contributed by atoms with E-state index in [4.69, 9.17) is 23.2 Å². The lowest BCUT2D eigenvalue weighted by molar-refractivity contribution is -0.117. The highest BCUT2D eigenvalue weighted by Crippen LogP contribution is 2.29. The third-order valence-corrected chi connectivity index (χ3v) is 3.68. The Morgan fingerprint density at radius 1 is 1.47 bits per heavy atom. The number of rotatable bonds is 3. The lowest BCUT2D eigenvalue weighted by atomic mass is 10.2. The van der Waals surface area contributed by atoms with Gasteiger partial charge in [-0.25, -0.2) is 0 Å². The molecule has 2 N–H and O–H groups in total. The number of nitrogens with zero attached hydrogens (tertiary/aromatic N) is 1. The Balaban J connectivity index is 1.94. The molecule has 1 aromatic carbocycles. The van der Waals surface area contributed by atoms with Crippen molar-refractivity contribution in [3.05, 3.63) is 28.2 Å². The maximum absolute atomic E-state index is 12.0. The van der Waals surface area contributed by atoms with Crippen LogP contribution >= 0.6 is 23.2 Å². The van der Waals surface area contributed by atoms with Crippen molar-refractivity contribution in [1.82, 2.24) is 10.2 Å². The first-order chi connectivity index (χ1) is 9.06. The Labute approximate surface area is 123 Å². The zero-order valence-electron chi connectivity index (χ0n) is 10.7. The van der Waals surface area contributed by atoms with E-state index in [9.17, 15) is 4.79 Å². The topological polar surface area (TPSA) is 44.4 Å². The molecule has 0 radical (unpaired) electrons. The van der Waals surface area contributed by atoms with Gasteiger partial charge in [-0.05, 0) is 19.1 Å². The zero-order valence-corrected chi connectivity index (χ0v) is 12.3. The highest BCUT2D eigenvalue weighted by molar-refractivity contribution is 6.39. The number of carbonyl (C=O) groups excluding carboxylic acids is 1. The van der Waals surface area contributed by atoms with E-state index in [1.807, 2.05) is 0 Å². The van der Waals surface area contributed by atoms with Crippen LogP contribution in [0.25, 0.3) is 0 Å². The number of nitrogens with one attached hydrogen (secondary N) is 2. The minimum atomic E-state index is -0.0934. The summed E-state index contributed by atoms with van der Waals surface area (Å²) in [6.45, 7) is 5.10. The summed E-state index contributed by atoms with van der Waals surface area (Å²) in [6.07, 6.45) is 0. The molecule has 1 heterocycles. The molecule has 0 unspecified atom stereocenters. The van der Waals surface area contributed by atoms with Gasteiger partial charge in [0.05, 0.1) is 22.3 Å². The molecule has 1 amide bonds. The van der Waals surface area contributed by atoms with Gasteiger partial charge in [0.15, 0.2) is 0 Å². The number of hydrogen-bond donors (Lipinski definition) is 2. The second-order valence-electron chi connectivity index (χ2n) is 4.74.